The Bertz CT molecular complexity index is 421. The quantitative estimate of drug-likeness (QED) is 0.744. The first-order valence-electron chi connectivity index (χ1n) is 6.11. The van der Waals surface area contributed by atoms with E-state index in [-0.39, 0.29) is 11.9 Å². The van der Waals surface area contributed by atoms with Gasteiger partial charge in [0, 0.05) is 25.4 Å². The van der Waals surface area contributed by atoms with Gasteiger partial charge in [0.1, 0.15) is 11.6 Å². The van der Waals surface area contributed by atoms with E-state index in [1.165, 1.54) is 7.11 Å². The number of rotatable bonds is 5. The van der Waals surface area contributed by atoms with Crippen LogP contribution in [0.3, 0.4) is 0 Å². The molecule has 1 rings (SSSR count). The molecule has 1 atom stereocenters. The Labute approximate surface area is 108 Å². The molecule has 0 aliphatic carbocycles. The summed E-state index contributed by atoms with van der Waals surface area (Å²) in [6, 6.07) is 1.96. The highest BCUT2D eigenvalue weighted by atomic mass is 16.5. The molecule has 18 heavy (non-hydrogen) atoms. The zero-order valence-corrected chi connectivity index (χ0v) is 11.7. The summed E-state index contributed by atoms with van der Waals surface area (Å²) in [5.74, 6) is 1.21. The summed E-state index contributed by atoms with van der Waals surface area (Å²) >= 11 is 0. The van der Waals surface area contributed by atoms with Crippen LogP contribution in [0.15, 0.2) is 6.07 Å². The first-order valence-corrected chi connectivity index (χ1v) is 6.11. The lowest BCUT2D eigenvalue weighted by atomic mass is 10.1. The molecule has 1 aromatic heterocycles. The number of hydrogen-bond donors (Lipinski definition) is 0. The molecule has 0 amide bonds. The minimum Gasteiger partial charge on any atom is -0.469 e. The molecule has 0 N–H and O–H groups in total. The lowest BCUT2D eigenvalue weighted by Gasteiger charge is -2.21. The van der Waals surface area contributed by atoms with Crippen molar-refractivity contribution in [2.45, 2.75) is 27.2 Å². The van der Waals surface area contributed by atoms with Gasteiger partial charge in [-0.3, -0.25) is 4.79 Å². The lowest BCUT2D eigenvalue weighted by Crippen LogP contribution is -2.30. The summed E-state index contributed by atoms with van der Waals surface area (Å²) in [4.78, 5) is 22.1. The second-order valence-electron chi connectivity index (χ2n) is 4.42. The molecule has 0 aliphatic heterocycles. The highest BCUT2D eigenvalue weighted by Crippen LogP contribution is 2.13. The van der Waals surface area contributed by atoms with Gasteiger partial charge in [-0.2, -0.15) is 0 Å². The number of ether oxygens (including phenoxy) is 1. The molecular weight excluding hydrogens is 230 g/mol. The van der Waals surface area contributed by atoms with E-state index in [0.717, 1.165) is 23.8 Å². The second-order valence-corrected chi connectivity index (χ2v) is 4.42. The van der Waals surface area contributed by atoms with Gasteiger partial charge in [-0.05, 0) is 13.3 Å². The molecule has 100 valence electrons. The number of esters is 1. The van der Waals surface area contributed by atoms with Crippen molar-refractivity contribution >= 4 is 11.8 Å². The fraction of sp³-hybridized carbons (Fsp3) is 0.615. The van der Waals surface area contributed by atoms with Gasteiger partial charge in [-0.25, -0.2) is 9.97 Å². The number of carbonyl (C=O) groups is 1. The fourth-order valence-corrected chi connectivity index (χ4v) is 1.77. The molecular formula is C13H21N3O2. The van der Waals surface area contributed by atoms with E-state index in [4.69, 9.17) is 4.74 Å². The van der Waals surface area contributed by atoms with Crippen LogP contribution in [0.2, 0.25) is 0 Å². The second kappa shape index (κ2) is 6.33. The predicted octanol–water partition coefficient (Wildman–Crippen LogP) is 1.59. The minimum atomic E-state index is -0.205. The van der Waals surface area contributed by atoms with Crippen molar-refractivity contribution in [3.05, 3.63) is 17.6 Å². The summed E-state index contributed by atoms with van der Waals surface area (Å²) in [6.07, 6.45) is 0.872. The van der Waals surface area contributed by atoms with Crippen molar-refractivity contribution in [2.24, 2.45) is 5.92 Å². The number of nitrogens with zero attached hydrogens (tertiary/aromatic N) is 3. The SMILES string of the molecule is CCc1cc(N(C)CC(C)C(=O)OC)nc(C)n1. The van der Waals surface area contributed by atoms with E-state index in [2.05, 4.69) is 16.9 Å². The molecule has 0 saturated heterocycles. The molecule has 0 aromatic carbocycles. The summed E-state index contributed by atoms with van der Waals surface area (Å²) in [5.41, 5.74) is 1.01. The van der Waals surface area contributed by atoms with Crippen LogP contribution in [0, 0.1) is 12.8 Å². The summed E-state index contributed by atoms with van der Waals surface area (Å²) in [7, 11) is 3.32. The van der Waals surface area contributed by atoms with Gasteiger partial charge in [0.15, 0.2) is 0 Å². The van der Waals surface area contributed by atoms with Crippen molar-refractivity contribution in [3.63, 3.8) is 0 Å². The molecule has 0 saturated carbocycles. The molecule has 0 bridgehead atoms. The Kier molecular flexibility index (Phi) is 5.07. The number of methoxy groups -OCH3 is 1. The number of anilines is 1. The Morgan fingerprint density at radius 1 is 1.50 bits per heavy atom. The first-order chi connectivity index (χ1) is 8.47. The van der Waals surface area contributed by atoms with Crippen LogP contribution in [0.25, 0.3) is 0 Å². The van der Waals surface area contributed by atoms with Crippen LogP contribution in [0.4, 0.5) is 5.82 Å². The minimum absolute atomic E-state index is 0.180. The molecule has 0 spiro atoms. The molecule has 1 aromatic rings. The number of aryl methyl sites for hydroxylation is 2. The monoisotopic (exact) mass is 251 g/mol. The zero-order chi connectivity index (χ0) is 13.7. The standard InChI is InChI=1S/C13H21N3O2/c1-6-11-7-12(15-10(3)14-11)16(4)8-9(2)13(17)18-5/h7,9H,6,8H2,1-5H3. The van der Waals surface area contributed by atoms with Gasteiger partial charge in [-0.1, -0.05) is 13.8 Å². The number of aromatic nitrogens is 2. The maximum atomic E-state index is 11.4. The molecule has 5 nitrogen and oxygen atoms in total. The molecule has 1 unspecified atom stereocenters. The maximum absolute atomic E-state index is 11.4. The molecule has 5 heteroatoms. The fourth-order valence-electron chi connectivity index (χ4n) is 1.77. The lowest BCUT2D eigenvalue weighted by molar-refractivity contribution is -0.144. The maximum Gasteiger partial charge on any atom is 0.310 e. The van der Waals surface area contributed by atoms with Crippen LogP contribution in [0.1, 0.15) is 25.4 Å². The van der Waals surface area contributed by atoms with E-state index in [1.807, 2.05) is 31.9 Å². The Hall–Kier alpha value is -1.65. The van der Waals surface area contributed by atoms with Crippen molar-refractivity contribution in [2.75, 3.05) is 25.6 Å². The highest BCUT2D eigenvalue weighted by molar-refractivity contribution is 5.72. The Morgan fingerprint density at radius 2 is 2.17 bits per heavy atom. The van der Waals surface area contributed by atoms with Crippen molar-refractivity contribution in [1.29, 1.82) is 0 Å². The van der Waals surface area contributed by atoms with Crippen molar-refractivity contribution in [1.82, 2.24) is 9.97 Å². The third-order valence-corrected chi connectivity index (χ3v) is 2.78. The third-order valence-electron chi connectivity index (χ3n) is 2.78. The van der Waals surface area contributed by atoms with Crippen molar-refractivity contribution < 1.29 is 9.53 Å². The average Bonchev–Trinajstić information content (AvgIpc) is 2.36. The van der Waals surface area contributed by atoms with E-state index in [0.29, 0.717) is 6.54 Å². The van der Waals surface area contributed by atoms with Crippen molar-refractivity contribution in [3.8, 4) is 0 Å². The van der Waals surface area contributed by atoms with Gasteiger partial charge in [0.2, 0.25) is 0 Å². The molecule has 0 fully saturated rings. The van der Waals surface area contributed by atoms with Crippen LogP contribution in [-0.2, 0) is 16.0 Å². The van der Waals surface area contributed by atoms with Gasteiger partial charge in [-0.15, -0.1) is 0 Å². The van der Waals surface area contributed by atoms with Gasteiger partial charge >= 0.3 is 5.97 Å². The zero-order valence-electron chi connectivity index (χ0n) is 11.7. The van der Waals surface area contributed by atoms with Gasteiger partial charge in [0.25, 0.3) is 0 Å². The molecule has 0 radical (unpaired) electrons. The van der Waals surface area contributed by atoms with E-state index in [9.17, 15) is 4.79 Å². The van der Waals surface area contributed by atoms with E-state index < -0.39 is 0 Å². The average molecular weight is 251 g/mol. The summed E-state index contributed by atoms with van der Waals surface area (Å²) < 4.78 is 4.72. The smallest absolute Gasteiger partial charge is 0.310 e. The molecule has 0 aliphatic rings. The van der Waals surface area contributed by atoms with Crippen LogP contribution in [-0.4, -0.2) is 36.6 Å². The number of hydrogen-bond acceptors (Lipinski definition) is 5. The van der Waals surface area contributed by atoms with E-state index >= 15 is 0 Å². The topological polar surface area (TPSA) is 55.3 Å². The third kappa shape index (κ3) is 3.68. The van der Waals surface area contributed by atoms with Crippen LogP contribution in [0.5, 0.6) is 0 Å². The highest BCUT2D eigenvalue weighted by Gasteiger charge is 2.16. The summed E-state index contributed by atoms with van der Waals surface area (Å²) in [5, 5.41) is 0. The largest absolute Gasteiger partial charge is 0.469 e. The Morgan fingerprint density at radius 3 is 2.72 bits per heavy atom. The normalized spacial score (nSPS) is 12.1. The first kappa shape index (κ1) is 14.4. The Balaban J connectivity index is 2.80. The summed E-state index contributed by atoms with van der Waals surface area (Å²) in [6.45, 7) is 6.35. The van der Waals surface area contributed by atoms with Gasteiger partial charge in [0.05, 0.1) is 13.0 Å². The van der Waals surface area contributed by atoms with Gasteiger partial charge < -0.3 is 9.64 Å². The van der Waals surface area contributed by atoms with E-state index in [1.54, 1.807) is 0 Å². The molecule has 1 heterocycles. The van der Waals surface area contributed by atoms with Crippen LogP contribution < -0.4 is 4.90 Å². The number of carbonyl (C=O) groups excluding carboxylic acids is 1. The predicted molar refractivity (Wildman–Crippen MR) is 70.6 cm³/mol. The van der Waals surface area contributed by atoms with Crippen LogP contribution >= 0.6 is 0 Å².